The van der Waals surface area contributed by atoms with Gasteiger partial charge < -0.3 is 58.7 Å². The highest BCUT2D eigenvalue weighted by Crippen LogP contribution is 2.48. The average molecular weight is 1600 g/mol. The molecule has 12 fully saturated rings. The predicted octanol–water partition coefficient (Wildman–Crippen LogP) is 12.8. The maximum absolute atomic E-state index is 14.1. The maximum atomic E-state index is 14.1. The fourth-order valence-electron chi connectivity index (χ4n) is 22.6. The minimum absolute atomic E-state index is 0. The van der Waals surface area contributed by atoms with Crippen molar-refractivity contribution in [2.75, 3.05) is 63.3 Å². The van der Waals surface area contributed by atoms with Crippen molar-refractivity contribution in [3.05, 3.63) is 109 Å². The summed E-state index contributed by atoms with van der Waals surface area (Å²) in [5.41, 5.74) is -0.114. The number of para-hydroxylation sites is 6. The number of nitrogens with zero attached hydrogens (tertiary/aromatic N) is 11. The molecule has 0 spiro atoms. The van der Waals surface area contributed by atoms with Gasteiger partial charge in [-0.25, -0.2) is 29.3 Å². The van der Waals surface area contributed by atoms with Gasteiger partial charge in [-0.15, -0.1) is 12.4 Å². The number of halogens is 2. The molecule has 12 heterocycles. The molecule has 9 aliphatic heterocycles. The number of aliphatic carboxylic acids is 1. The first kappa shape index (κ1) is 84.3. The molecule has 3 aromatic heterocycles. The Labute approximate surface area is 676 Å². The summed E-state index contributed by atoms with van der Waals surface area (Å²) in [6.07, 6.45) is 42.8. The molecule has 9 saturated heterocycles. The number of β-amino-alcohol motifs (C(OH)–C–C–N with tert-alkyl or cyclic N) is 3. The summed E-state index contributed by atoms with van der Waals surface area (Å²) in [4.78, 5) is 101. The zero-order chi connectivity index (χ0) is 77.1. The molecule has 618 valence electrons. The molecule has 3 aromatic carbocycles. The Kier molecular flexibility index (Phi) is 27.5. The van der Waals surface area contributed by atoms with Crippen LogP contribution in [-0.4, -0.2) is 206 Å². The number of hydrogen-bond acceptors (Lipinski definition) is 20. The minimum atomic E-state index is -1.84. The second-order valence-corrected chi connectivity index (χ2v) is 35.1. The SMILES string of the molecule is C.COC(=O)C1(O)CCN(c2nc3ccccc3n(C3C[C@H]4CC[C@@H](C3)N4C3CCCCCCC3)c2=O)C1.COC(=O)C1(O)CCNC1.Cl.O=C(O)C1(O)CCN(c2nc3ccccc3n(C3C[C@H]4CC[C@@H](C3)N4C3CCCCCCC3)c2=O)C1.O=c1c(Cl)nc2ccccc2n1C1C[C@H]2CC[C@@H](C1)N2C1CCCCCCC1. The number of nitrogens with one attached hydrogen (secondary N) is 1. The topological polar surface area (TPSA) is 283 Å². The quantitative estimate of drug-likeness (QED) is 0.0754. The maximum Gasteiger partial charge on any atom is 0.339 e. The van der Waals surface area contributed by atoms with Crippen LogP contribution in [0.3, 0.4) is 0 Å². The number of rotatable bonds is 11. The van der Waals surface area contributed by atoms with Crippen molar-refractivity contribution in [1.29, 1.82) is 0 Å². The van der Waals surface area contributed by atoms with Crippen molar-refractivity contribution in [2.24, 2.45) is 0 Å². The lowest BCUT2D eigenvalue weighted by Crippen LogP contribution is -2.50. The number of esters is 2. The molecule has 3 aliphatic carbocycles. The van der Waals surface area contributed by atoms with Crippen LogP contribution in [0, 0.1) is 0 Å². The standard InChI is InChI=1S/C29H40N4O4.C28H38N4O4.C23H30ClN3O.C6H11NO3.CH4.ClH/c1-37-28(35)29(36)15-16-31(19-29)26-27(34)33(25-12-8-7-11-24(25)30-26)23-17-21-13-14-22(18-23)32(21)20-9-5-3-2-4-6-10-20;33-26-25(30-15-14-28(36,18-30)27(34)35)29-23-10-6-7-11-24(23)32(26)22-16-20-12-13-21(17-22)31(20)19-8-4-2-1-3-5-9-19;24-22-23(28)27(21-11-7-6-10-20(21)25-22)19-14-17-12-13-18(15-19)26(17)16-8-4-2-1-3-5-9-16;1-10-5(8)6(9)2-3-7-4-6;;/h7-8,11-12,20-23,36H,2-6,9-10,13-19H2,1H3;6-7,10-11,19-22,36H,1-5,8-9,12-18H2,(H,34,35);6-7,10-11,16-19H,1-5,8-9,12-15H2;7,9H,2-4H2,1H3;1H4;1H/t21-,22+,23?,29?;20-,21+,22?,28?;17-,18+,19?;;;. The number of carbonyl (C=O) groups is 3. The summed E-state index contributed by atoms with van der Waals surface area (Å²) < 4.78 is 15.1. The van der Waals surface area contributed by atoms with E-state index in [1.54, 1.807) is 9.80 Å². The van der Waals surface area contributed by atoms with Crippen molar-refractivity contribution >= 4 is 86.7 Å². The second-order valence-electron chi connectivity index (χ2n) is 34.8. The summed E-state index contributed by atoms with van der Waals surface area (Å²) in [5, 5.41) is 43.2. The second kappa shape index (κ2) is 36.9. The Morgan fingerprint density at radius 3 is 1.05 bits per heavy atom. The first-order valence-corrected chi connectivity index (χ1v) is 43.0. The summed E-state index contributed by atoms with van der Waals surface area (Å²) >= 11 is 6.23. The third-order valence-corrected chi connectivity index (χ3v) is 28.2. The lowest BCUT2D eigenvalue weighted by molar-refractivity contribution is -0.160. The van der Waals surface area contributed by atoms with E-state index in [-0.39, 0.29) is 91.5 Å². The van der Waals surface area contributed by atoms with Crippen molar-refractivity contribution in [3.63, 3.8) is 0 Å². The predicted molar refractivity (Wildman–Crippen MR) is 444 cm³/mol. The Morgan fingerprint density at radius 2 is 0.726 bits per heavy atom. The molecule has 0 amide bonds. The molecule has 113 heavy (non-hydrogen) atoms. The molecular weight excluding hydrogens is 1480 g/mol. The molecule has 18 rings (SSSR count). The number of ether oxygens (including phenoxy) is 2. The number of piperidine rings is 3. The summed E-state index contributed by atoms with van der Waals surface area (Å²) in [5.74, 6) is -1.86. The molecule has 24 nitrogen and oxygen atoms in total. The van der Waals surface area contributed by atoms with Crippen molar-refractivity contribution < 1.29 is 44.3 Å². The van der Waals surface area contributed by atoms with Gasteiger partial charge in [0.15, 0.2) is 33.6 Å². The van der Waals surface area contributed by atoms with Gasteiger partial charge >= 0.3 is 17.9 Å². The Hall–Kier alpha value is -6.61. The van der Waals surface area contributed by atoms with Crippen LogP contribution in [-0.2, 0) is 23.9 Å². The molecule has 12 atom stereocenters. The zero-order valence-corrected chi connectivity index (χ0v) is 67.4. The number of methoxy groups -OCH3 is 2. The van der Waals surface area contributed by atoms with Gasteiger partial charge in [-0.1, -0.05) is 152 Å². The average Bonchev–Trinajstić information content (AvgIpc) is 1.63. The number of carbonyl (C=O) groups excluding carboxylic acids is 2. The van der Waals surface area contributed by atoms with Gasteiger partial charge in [-0.3, -0.25) is 29.1 Å². The molecule has 26 heteroatoms. The molecule has 6 aromatic rings. The number of hydrogen-bond donors (Lipinski definition) is 5. The molecule has 12 aliphatic rings. The minimum Gasteiger partial charge on any atom is -0.479 e. The number of fused-ring (bicyclic) bond motifs is 9. The first-order valence-electron chi connectivity index (χ1n) is 42.6. The third kappa shape index (κ3) is 17.7. The van der Waals surface area contributed by atoms with Gasteiger partial charge in [0.2, 0.25) is 0 Å². The van der Waals surface area contributed by atoms with E-state index >= 15 is 0 Å². The molecule has 6 bridgehead atoms. The smallest absolute Gasteiger partial charge is 0.339 e. The molecule has 0 radical (unpaired) electrons. The number of aromatic nitrogens is 6. The largest absolute Gasteiger partial charge is 0.479 e. The Balaban J connectivity index is 0.000000139. The zero-order valence-electron chi connectivity index (χ0n) is 65.8. The Morgan fingerprint density at radius 1 is 0.416 bits per heavy atom. The van der Waals surface area contributed by atoms with Gasteiger partial charge in [0.1, 0.15) is 0 Å². The van der Waals surface area contributed by atoms with Crippen LogP contribution in [0.4, 0.5) is 11.6 Å². The lowest BCUT2D eigenvalue weighted by atomic mass is 9.89. The normalized spacial score (nSPS) is 30.7. The first-order chi connectivity index (χ1) is 53.8. The molecule has 3 saturated carbocycles. The molecular formula is C87H124Cl2N12O12. The van der Waals surface area contributed by atoms with E-state index in [1.807, 2.05) is 86.5 Å². The van der Waals surface area contributed by atoms with E-state index in [9.17, 15) is 49.2 Å². The van der Waals surface area contributed by atoms with Crippen molar-refractivity contribution in [3.8, 4) is 0 Å². The number of carboxylic acid groups (broad SMARTS) is 1. The number of aliphatic hydroxyl groups is 3. The molecule has 6 unspecified atom stereocenters. The number of benzene rings is 3. The summed E-state index contributed by atoms with van der Waals surface area (Å²) in [7, 11) is 2.56. The van der Waals surface area contributed by atoms with Crippen LogP contribution in [0.2, 0.25) is 5.15 Å². The fraction of sp³-hybridized carbons (Fsp3) is 0.690. The van der Waals surface area contributed by atoms with Gasteiger partial charge in [-0.2, -0.15) is 0 Å². The third-order valence-electron chi connectivity index (χ3n) is 27.9. The van der Waals surface area contributed by atoms with Crippen LogP contribution in [0.1, 0.15) is 257 Å². The van der Waals surface area contributed by atoms with Crippen LogP contribution in [0.15, 0.2) is 87.2 Å². The highest BCUT2D eigenvalue weighted by molar-refractivity contribution is 6.29. The summed E-state index contributed by atoms with van der Waals surface area (Å²) in [6.45, 7) is 1.57. The van der Waals surface area contributed by atoms with Gasteiger partial charge in [0.05, 0.1) is 60.4 Å². The Bertz CT molecular complexity index is 4420. The van der Waals surface area contributed by atoms with Crippen LogP contribution < -0.4 is 31.8 Å². The van der Waals surface area contributed by atoms with E-state index in [0.717, 1.165) is 77.7 Å². The monoisotopic (exact) mass is 1600 g/mol. The van der Waals surface area contributed by atoms with Gasteiger partial charge in [0, 0.05) is 111 Å². The van der Waals surface area contributed by atoms with Crippen LogP contribution in [0.25, 0.3) is 33.1 Å². The van der Waals surface area contributed by atoms with Gasteiger partial charge in [-0.05, 0) is 159 Å². The van der Waals surface area contributed by atoms with Crippen LogP contribution >= 0.6 is 24.0 Å². The summed E-state index contributed by atoms with van der Waals surface area (Å²) in [6, 6.07) is 29.5. The van der Waals surface area contributed by atoms with Crippen LogP contribution in [0.5, 0.6) is 0 Å². The van der Waals surface area contributed by atoms with E-state index in [4.69, 9.17) is 21.3 Å². The lowest BCUT2D eigenvalue weighted by Gasteiger charge is -2.45. The number of carboxylic acids is 1. The van der Waals surface area contributed by atoms with Crippen molar-refractivity contribution in [1.82, 2.24) is 48.7 Å². The van der Waals surface area contributed by atoms with E-state index < -0.39 is 34.7 Å². The highest BCUT2D eigenvalue weighted by Gasteiger charge is 2.51. The molecule has 5 N–H and O–H groups in total. The van der Waals surface area contributed by atoms with Crippen molar-refractivity contribution in [2.45, 2.75) is 328 Å². The number of anilines is 2. The van der Waals surface area contributed by atoms with E-state index in [1.165, 1.54) is 188 Å². The fourth-order valence-corrected chi connectivity index (χ4v) is 22.8. The van der Waals surface area contributed by atoms with Gasteiger partial charge in [0.25, 0.3) is 16.7 Å². The van der Waals surface area contributed by atoms with E-state index in [0.29, 0.717) is 86.8 Å². The van der Waals surface area contributed by atoms with E-state index in [2.05, 4.69) is 34.7 Å². The highest BCUT2D eigenvalue weighted by atomic mass is 35.5.